The summed E-state index contributed by atoms with van der Waals surface area (Å²) in [6, 6.07) is 5.55. The van der Waals surface area contributed by atoms with Crippen LogP contribution in [0.4, 0.5) is 5.69 Å². The molecule has 1 amide bonds. The Hall–Kier alpha value is -1.22. The zero-order chi connectivity index (χ0) is 12.6. The lowest BCUT2D eigenvalue weighted by molar-refractivity contribution is 0.0947. The minimum Gasteiger partial charge on any atom is -0.387 e. The lowest BCUT2D eigenvalue weighted by Gasteiger charge is -2.11. The van der Waals surface area contributed by atoms with Crippen LogP contribution in [0.25, 0.3) is 0 Å². The second-order valence-corrected chi connectivity index (χ2v) is 5.60. The first-order chi connectivity index (χ1) is 7.94. The molecule has 4 heteroatoms. The van der Waals surface area contributed by atoms with E-state index in [0.29, 0.717) is 10.6 Å². The molecule has 1 aromatic rings. The van der Waals surface area contributed by atoms with Gasteiger partial charge in [-0.2, -0.15) is 0 Å². The fourth-order valence-corrected chi connectivity index (χ4v) is 2.04. The van der Waals surface area contributed by atoms with Crippen molar-refractivity contribution in [2.24, 2.45) is 5.41 Å². The lowest BCUT2D eigenvalue weighted by Crippen LogP contribution is -2.28. The summed E-state index contributed by atoms with van der Waals surface area (Å²) in [7, 11) is 1.79. The van der Waals surface area contributed by atoms with Gasteiger partial charge in [0.15, 0.2) is 0 Å². The van der Waals surface area contributed by atoms with Gasteiger partial charge in [0.1, 0.15) is 0 Å². The van der Waals surface area contributed by atoms with Crippen LogP contribution < -0.4 is 10.6 Å². The van der Waals surface area contributed by atoms with E-state index < -0.39 is 0 Å². The van der Waals surface area contributed by atoms with Gasteiger partial charge in [0.2, 0.25) is 0 Å². The van der Waals surface area contributed by atoms with Crippen molar-refractivity contribution in [1.82, 2.24) is 5.32 Å². The van der Waals surface area contributed by atoms with Crippen LogP contribution in [0.15, 0.2) is 18.2 Å². The Morgan fingerprint density at radius 2 is 2.12 bits per heavy atom. The standard InChI is InChI=1S/C13H17ClN2O/c1-13(2)7-11(13)16-12(17)9-6-8(14)4-5-10(9)15-3/h4-6,11,15H,7H2,1-3H3,(H,16,17). The summed E-state index contributed by atoms with van der Waals surface area (Å²) < 4.78 is 0. The first kappa shape index (κ1) is 12.2. The number of carbonyl (C=O) groups is 1. The van der Waals surface area contributed by atoms with E-state index in [4.69, 9.17) is 11.6 Å². The summed E-state index contributed by atoms with van der Waals surface area (Å²) >= 11 is 5.92. The first-order valence-corrected chi connectivity index (χ1v) is 6.10. The molecular formula is C13H17ClN2O. The number of halogens is 1. The summed E-state index contributed by atoms with van der Waals surface area (Å²) in [5, 5.41) is 6.60. The predicted molar refractivity (Wildman–Crippen MR) is 70.7 cm³/mol. The highest BCUT2D eigenvalue weighted by Gasteiger charge is 2.46. The van der Waals surface area contributed by atoms with Crippen LogP contribution in [0, 0.1) is 5.41 Å². The van der Waals surface area contributed by atoms with Gasteiger partial charge in [0.05, 0.1) is 5.56 Å². The Balaban J connectivity index is 2.16. The highest BCUT2D eigenvalue weighted by atomic mass is 35.5. The van der Waals surface area contributed by atoms with Crippen molar-refractivity contribution >= 4 is 23.2 Å². The molecule has 1 aliphatic carbocycles. The summed E-state index contributed by atoms with van der Waals surface area (Å²) in [5.41, 5.74) is 1.63. The fraction of sp³-hybridized carbons (Fsp3) is 0.462. The van der Waals surface area contributed by atoms with E-state index in [1.54, 1.807) is 19.2 Å². The molecule has 92 valence electrons. The molecule has 1 fully saturated rings. The number of carbonyl (C=O) groups excluding carboxylic acids is 1. The smallest absolute Gasteiger partial charge is 0.253 e. The van der Waals surface area contributed by atoms with E-state index in [9.17, 15) is 4.79 Å². The van der Waals surface area contributed by atoms with Crippen molar-refractivity contribution in [3.8, 4) is 0 Å². The number of rotatable bonds is 3. The van der Waals surface area contributed by atoms with Crippen molar-refractivity contribution in [3.63, 3.8) is 0 Å². The van der Waals surface area contributed by atoms with Gasteiger partial charge >= 0.3 is 0 Å². The zero-order valence-electron chi connectivity index (χ0n) is 10.3. The molecule has 1 aliphatic rings. The molecule has 0 aromatic heterocycles. The number of benzene rings is 1. The van der Waals surface area contributed by atoms with Crippen molar-refractivity contribution in [2.45, 2.75) is 26.3 Å². The van der Waals surface area contributed by atoms with Gasteiger partial charge in [-0.25, -0.2) is 0 Å². The van der Waals surface area contributed by atoms with Gasteiger partial charge < -0.3 is 10.6 Å². The van der Waals surface area contributed by atoms with E-state index in [2.05, 4.69) is 24.5 Å². The third-order valence-electron chi connectivity index (χ3n) is 3.31. The van der Waals surface area contributed by atoms with Gasteiger partial charge in [0.25, 0.3) is 5.91 Å². The summed E-state index contributed by atoms with van der Waals surface area (Å²) in [5.74, 6) is -0.0626. The minimum atomic E-state index is -0.0626. The Morgan fingerprint density at radius 1 is 1.47 bits per heavy atom. The van der Waals surface area contributed by atoms with Crippen LogP contribution in [0.5, 0.6) is 0 Å². The van der Waals surface area contributed by atoms with E-state index >= 15 is 0 Å². The van der Waals surface area contributed by atoms with E-state index in [-0.39, 0.29) is 17.4 Å². The van der Waals surface area contributed by atoms with Crippen LogP contribution in [0.3, 0.4) is 0 Å². The Kier molecular flexibility index (Phi) is 3.04. The van der Waals surface area contributed by atoms with E-state index in [1.165, 1.54) is 0 Å². The van der Waals surface area contributed by atoms with Crippen LogP contribution in [0.1, 0.15) is 30.6 Å². The van der Waals surface area contributed by atoms with Crippen LogP contribution in [0.2, 0.25) is 5.02 Å². The maximum atomic E-state index is 12.1. The molecule has 0 radical (unpaired) electrons. The average molecular weight is 253 g/mol. The first-order valence-electron chi connectivity index (χ1n) is 5.72. The Labute approximate surface area is 107 Å². The second kappa shape index (κ2) is 4.22. The quantitative estimate of drug-likeness (QED) is 0.869. The Bertz CT molecular complexity index is 457. The molecule has 0 saturated heterocycles. The molecule has 0 aliphatic heterocycles. The van der Waals surface area contributed by atoms with Crippen molar-refractivity contribution in [3.05, 3.63) is 28.8 Å². The largest absolute Gasteiger partial charge is 0.387 e. The summed E-state index contributed by atoms with van der Waals surface area (Å²) in [4.78, 5) is 12.1. The monoisotopic (exact) mass is 252 g/mol. The van der Waals surface area contributed by atoms with Crippen LogP contribution in [-0.4, -0.2) is 19.0 Å². The topological polar surface area (TPSA) is 41.1 Å². The SMILES string of the molecule is CNc1ccc(Cl)cc1C(=O)NC1CC1(C)C. The van der Waals surface area contributed by atoms with Gasteiger partial charge in [-0.05, 0) is 30.0 Å². The number of anilines is 1. The molecule has 2 rings (SSSR count). The molecule has 1 aromatic carbocycles. The molecule has 1 atom stereocenters. The zero-order valence-corrected chi connectivity index (χ0v) is 11.1. The summed E-state index contributed by atoms with van der Waals surface area (Å²) in [6.45, 7) is 4.30. The minimum absolute atomic E-state index is 0.0626. The Morgan fingerprint density at radius 3 is 2.65 bits per heavy atom. The van der Waals surface area contributed by atoms with E-state index in [1.807, 2.05) is 6.07 Å². The van der Waals surface area contributed by atoms with Crippen molar-refractivity contribution < 1.29 is 4.79 Å². The average Bonchev–Trinajstić information content (AvgIpc) is 2.85. The molecule has 2 N–H and O–H groups in total. The molecule has 0 spiro atoms. The van der Waals surface area contributed by atoms with Crippen molar-refractivity contribution in [1.29, 1.82) is 0 Å². The highest BCUT2D eigenvalue weighted by molar-refractivity contribution is 6.31. The van der Waals surface area contributed by atoms with Gasteiger partial charge in [-0.3, -0.25) is 4.79 Å². The molecule has 17 heavy (non-hydrogen) atoms. The molecule has 1 saturated carbocycles. The summed E-state index contributed by atoms with van der Waals surface area (Å²) in [6.07, 6.45) is 1.04. The predicted octanol–water partition coefficient (Wildman–Crippen LogP) is 2.91. The molecule has 0 heterocycles. The number of hydrogen-bond donors (Lipinski definition) is 2. The molecular weight excluding hydrogens is 236 g/mol. The maximum Gasteiger partial charge on any atom is 0.253 e. The van der Waals surface area contributed by atoms with Crippen LogP contribution >= 0.6 is 11.6 Å². The number of amides is 1. The highest BCUT2D eigenvalue weighted by Crippen LogP contribution is 2.44. The van der Waals surface area contributed by atoms with Gasteiger partial charge in [0, 0.05) is 23.8 Å². The molecule has 1 unspecified atom stereocenters. The normalized spacial score (nSPS) is 20.8. The van der Waals surface area contributed by atoms with Crippen molar-refractivity contribution in [2.75, 3.05) is 12.4 Å². The fourth-order valence-electron chi connectivity index (χ4n) is 1.87. The lowest BCUT2D eigenvalue weighted by atomic mass is 10.1. The van der Waals surface area contributed by atoms with Gasteiger partial charge in [-0.15, -0.1) is 0 Å². The number of nitrogens with one attached hydrogen (secondary N) is 2. The third kappa shape index (κ3) is 2.55. The number of hydrogen-bond acceptors (Lipinski definition) is 2. The second-order valence-electron chi connectivity index (χ2n) is 5.16. The van der Waals surface area contributed by atoms with Crippen LogP contribution in [-0.2, 0) is 0 Å². The van der Waals surface area contributed by atoms with E-state index in [0.717, 1.165) is 12.1 Å². The maximum absolute atomic E-state index is 12.1. The molecule has 3 nitrogen and oxygen atoms in total. The molecule has 0 bridgehead atoms. The van der Waals surface area contributed by atoms with Gasteiger partial charge in [-0.1, -0.05) is 25.4 Å². The third-order valence-corrected chi connectivity index (χ3v) is 3.55.